The van der Waals surface area contributed by atoms with Gasteiger partial charge in [-0.2, -0.15) is 5.10 Å². The molecule has 0 radical (unpaired) electrons. The number of thiazole rings is 1. The summed E-state index contributed by atoms with van der Waals surface area (Å²) in [6.45, 7) is 6.89. The van der Waals surface area contributed by atoms with E-state index in [2.05, 4.69) is 28.9 Å². The highest BCUT2D eigenvalue weighted by molar-refractivity contribution is 7.22. The Labute approximate surface area is 129 Å². The number of nitrogens with zero attached hydrogens (tertiary/aromatic N) is 5. The van der Waals surface area contributed by atoms with Crippen LogP contribution in [0.25, 0.3) is 10.3 Å². The third kappa shape index (κ3) is 2.16. The molecule has 2 aromatic rings. The molecule has 0 aliphatic carbocycles. The zero-order chi connectivity index (χ0) is 14.6. The Morgan fingerprint density at radius 1 is 1.14 bits per heavy atom. The monoisotopic (exact) mass is 305 g/mol. The van der Waals surface area contributed by atoms with E-state index in [1.807, 2.05) is 23.1 Å². The molecule has 1 atom stereocenters. The molecule has 4 rings (SSSR count). The van der Waals surface area contributed by atoms with Crippen LogP contribution in [-0.2, 0) is 7.05 Å². The number of aromatic nitrogens is 3. The van der Waals surface area contributed by atoms with E-state index in [-0.39, 0.29) is 0 Å². The van der Waals surface area contributed by atoms with Gasteiger partial charge in [-0.1, -0.05) is 11.3 Å². The molecule has 0 aromatic carbocycles. The number of likely N-dealkylation sites (tertiary alicyclic amines) is 1. The van der Waals surface area contributed by atoms with Crippen molar-refractivity contribution < 1.29 is 0 Å². The van der Waals surface area contributed by atoms with Gasteiger partial charge in [0.05, 0.1) is 10.4 Å². The molecule has 2 aliphatic heterocycles. The van der Waals surface area contributed by atoms with Crippen LogP contribution in [0.4, 0.5) is 5.13 Å². The van der Waals surface area contributed by atoms with Crippen LogP contribution in [0.3, 0.4) is 0 Å². The Morgan fingerprint density at radius 2 is 2.00 bits per heavy atom. The van der Waals surface area contributed by atoms with Crippen LogP contribution in [0.15, 0.2) is 0 Å². The molecule has 6 heteroatoms. The molecule has 1 spiro atoms. The average molecular weight is 305 g/mol. The Bertz CT molecular complexity index is 636. The fourth-order valence-electron chi connectivity index (χ4n) is 4.07. The van der Waals surface area contributed by atoms with Crippen molar-refractivity contribution in [3.8, 4) is 0 Å². The van der Waals surface area contributed by atoms with Crippen LogP contribution >= 0.6 is 11.3 Å². The molecular weight excluding hydrogens is 282 g/mol. The number of hydrogen-bond acceptors (Lipinski definition) is 5. The normalized spacial score (nSPS) is 27.3. The summed E-state index contributed by atoms with van der Waals surface area (Å²) in [5.41, 5.74) is 2.64. The summed E-state index contributed by atoms with van der Waals surface area (Å²) in [6, 6.07) is 0. The van der Waals surface area contributed by atoms with Gasteiger partial charge in [-0.05, 0) is 39.8 Å². The second-order valence-corrected chi connectivity index (χ2v) is 7.85. The molecular formula is C15H23N5S. The van der Waals surface area contributed by atoms with E-state index >= 15 is 0 Å². The van der Waals surface area contributed by atoms with Gasteiger partial charge >= 0.3 is 0 Å². The highest BCUT2D eigenvalue weighted by atomic mass is 32.1. The molecule has 2 aliphatic rings. The number of fused-ring (bicyclic) bond motifs is 1. The third-order valence-electron chi connectivity index (χ3n) is 5.09. The lowest BCUT2D eigenvalue weighted by atomic mass is 9.79. The van der Waals surface area contributed by atoms with Gasteiger partial charge in [-0.3, -0.25) is 0 Å². The molecule has 5 nitrogen and oxygen atoms in total. The molecule has 2 fully saturated rings. The van der Waals surface area contributed by atoms with Crippen molar-refractivity contribution in [2.24, 2.45) is 12.5 Å². The van der Waals surface area contributed by atoms with Crippen molar-refractivity contribution in [3.05, 3.63) is 5.69 Å². The van der Waals surface area contributed by atoms with Crippen molar-refractivity contribution in [3.63, 3.8) is 0 Å². The van der Waals surface area contributed by atoms with Crippen LogP contribution in [0.2, 0.25) is 0 Å². The van der Waals surface area contributed by atoms with Crippen LogP contribution < -0.4 is 4.90 Å². The lowest BCUT2D eigenvalue weighted by Gasteiger charge is -2.40. The predicted octanol–water partition coefficient (Wildman–Crippen LogP) is 2.26. The van der Waals surface area contributed by atoms with Gasteiger partial charge in [0.2, 0.25) is 0 Å². The minimum Gasteiger partial charge on any atom is -0.347 e. The molecule has 0 amide bonds. The summed E-state index contributed by atoms with van der Waals surface area (Å²) in [6.07, 6.45) is 4.01. The van der Waals surface area contributed by atoms with E-state index in [1.54, 1.807) is 0 Å². The third-order valence-corrected chi connectivity index (χ3v) is 6.31. The Hall–Kier alpha value is -1.14. The molecule has 0 saturated carbocycles. The Kier molecular flexibility index (Phi) is 3.01. The van der Waals surface area contributed by atoms with Crippen LogP contribution in [0, 0.1) is 12.3 Å². The van der Waals surface area contributed by atoms with Crippen LogP contribution in [-0.4, -0.2) is 52.9 Å². The second-order valence-electron chi connectivity index (χ2n) is 6.87. The molecule has 0 N–H and O–H groups in total. The minimum absolute atomic E-state index is 0.498. The van der Waals surface area contributed by atoms with E-state index < -0.39 is 0 Å². The number of anilines is 1. The van der Waals surface area contributed by atoms with Crippen LogP contribution in [0.5, 0.6) is 0 Å². The second kappa shape index (κ2) is 4.68. The molecule has 2 saturated heterocycles. The van der Waals surface area contributed by atoms with E-state index in [0.29, 0.717) is 5.41 Å². The fraction of sp³-hybridized carbons (Fsp3) is 0.733. The van der Waals surface area contributed by atoms with Gasteiger partial charge in [-0.15, -0.1) is 0 Å². The maximum absolute atomic E-state index is 4.86. The minimum atomic E-state index is 0.498. The maximum Gasteiger partial charge on any atom is 0.188 e. The summed E-state index contributed by atoms with van der Waals surface area (Å²) in [5.74, 6) is 0. The zero-order valence-electron chi connectivity index (χ0n) is 13.1. The lowest BCUT2D eigenvalue weighted by Crippen LogP contribution is -2.44. The number of piperidine rings is 1. The molecule has 0 bridgehead atoms. The first-order valence-corrected chi connectivity index (χ1v) is 8.62. The fourth-order valence-corrected chi connectivity index (χ4v) is 5.13. The zero-order valence-corrected chi connectivity index (χ0v) is 13.9. The largest absolute Gasteiger partial charge is 0.347 e. The summed E-state index contributed by atoms with van der Waals surface area (Å²) >= 11 is 1.81. The van der Waals surface area contributed by atoms with E-state index in [9.17, 15) is 0 Å². The lowest BCUT2D eigenvalue weighted by molar-refractivity contribution is 0.234. The smallest absolute Gasteiger partial charge is 0.188 e. The Morgan fingerprint density at radius 3 is 2.71 bits per heavy atom. The van der Waals surface area contributed by atoms with Gasteiger partial charge in [-0.25, -0.2) is 9.67 Å². The van der Waals surface area contributed by atoms with Crippen LogP contribution in [0.1, 0.15) is 25.0 Å². The predicted molar refractivity (Wildman–Crippen MR) is 87.1 cm³/mol. The van der Waals surface area contributed by atoms with E-state index in [4.69, 9.17) is 4.98 Å². The van der Waals surface area contributed by atoms with Crippen molar-refractivity contribution in [2.45, 2.75) is 26.2 Å². The maximum atomic E-state index is 4.86. The Balaban J connectivity index is 1.64. The molecule has 4 heterocycles. The highest BCUT2D eigenvalue weighted by Crippen LogP contribution is 2.41. The molecule has 0 unspecified atom stereocenters. The first-order valence-electron chi connectivity index (χ1n) is 7.80. The van der Waals surface area contributed by atoms with Gasteiger partial charge in [0.25, 0.3) is 0 Å². The topological polar surface area (TPSA) is 37.2 Å². The summed E-state index contributed by atoms with van der Waals surface area (Å²) in [5, 5.41) is 5.65. The first-order chi connectivity index (χ1) is 10.1. The summed E-state index contributed by atoms with van der Waals surface area (Å²) in [4.78, 5) is 9.86. The number of rotatable bonds is 1. The summed E-state index contributed by atoms with van der Waals surface area (Å²) < 4.78 is 3.16. The van der Waals surface area contributed by atoms with Gasteiger partial charge in [0.15, 0.2) is 10.8 Å². The van der Waals surface area contributed by atoms with Crippen molar-refractivity contribution in [1.82, 2.24) is 19.7 Å². The summed E-state index contributed by atoms with van der Waals surface area (Å²) in [7, 11) is 4.24. The molecule has 2 aromatic heterocycles. The van der Waals surface area contributed by atoms with Crippen molar-refractivity contribution >= 4 is 26.8 Å². The van der Waals surface area contributed by atoms with E-state index in [1.165, 1.54) is 48.7 Å². The van der Waals surface area contributed by atoms with Crippen molar-refractivity contribution in [1.29, 1.82) is 0 Å². The first kappa shape index (κ1) is 13.5. The standard InChI is InChI=1S/C15H23N5S/c1-11-12-13(19(3)17-11)16-14(21-12)20-7-4-5-15(10-20)6-8-18(2)9-15/h4-10H2,1-3H3/t15-/m1/s1. The van der Waals surface area contributed by atoms with E-state index in [0.717, 1.165) is 17.9 Å². The number of aryl methyl sites for hydroxylation is 2. The average Bonchev–Trinajstić information content (AvgIpc) is 3.09. The van der Waals surface area contributed by atoms with Gasteiger partial charge < -0.3 is 9.80 Å². The highest BCUT2D eigenvalue weighted by Gasteiger charge is 2.40. The molecule has 21 heavy (non-hydrogen) atoms. The molecule has 114 valence electrons. The van der Waals surface area contributed by atoms with Gasteiger partial charge in [0.1, 0.15) is 0 Å². The number of hydrogen-bond donors (Lipinski definition) is 0. The SMILES string of the molecule is Cc1nn(C)c2nc(N3CCC[C@]4(CCN(C)C4)C3)sc12. The quantitative estimate of drug-likeness (QED) is 0.810. The van der Waals surface area contributed by atoms with Gasteiger partial charge in [0, 0.05) is 32.1 Å². The van der Waals surface area contributed by atoms with Crippen molar-refractivity contribution in [2.75, 3.05) is 38.1 Å².